The summed E-state index contributed by atoms with van der Waals surface area (Å²) in [6, 6.07) is 3.40. The molecule has 0 fully saturated rings. The molecule has 23 heavy (non-hydrogen) atoms. The van der Waals surface area contributed by atoms with Gasteiger partial charge in [0.05, 0.1) is 11.9 Å². The minimum Gasteiger partial charge on any atom is -0.376 e. The van der Waals surface area contributed by atoms with E-state index in [0.29, 0.717) is 5.82 Å². The molecule has 0 aliphatic rings. The van der Waals surface area contributed by atoms with Crippen LogP contribution in [0.2, 0.25) is 0 Å². The first-order valence-electron chi connectivity index (χ1n) is 6.58. The highest BCUT2D eigenvalue weighted by molar-refractivity contribution is 5.89. The van der Waals surface area contributed by atoms with Crippen LogP contribution in [0.1, 0.15) is 18.1 Å². The smallest absolute Gasteiger partial charge is 0.376 e. The second-order valence-corrected chi connectivity index (χ2v) is 4.86. The van der Waals surface area contributed by atoms with Gasteiger partial charge in [0.25, 0.3) is 0 Å². The van der Waals surface area contributed by atoms with Gasteiger partial charge < -0.3 is 14.7 Å². The van der Waals surface area contributed by atoms with Crippen LogP contribution in [-0.4, -0.2) is 35.1 Å². The van der Waals surface area contributed by atoms with Crippen molar-refractivity contribution in [3.8, 4) is 0 Å². The van der Waals surface area contributed by atoms with Crippen molar-refractivity contribution >= 4 is 17.4 Å². The number of aryl methyl sites for hydroxylation is 1. The highest BCUT2D eigenvalue weighted by atomic mass is 19.4. The summed E-state index contributed by atoms with van der Waals surface area (Å²) < 4.78 is 40.9. The zero-order chi connectivity index (χ0) is 17.0. The summed E-state index contributed by atoms with van der Waals surface area (Å²) in [5.74, 6) is -1.66. The molecule has 124 valence electrons. The van der Waals surface area contributed by atoms with Crippen molar-refractivity contribution in [3.63, 3.8) is 0 Å². The number of carbonyl (C=O) groups excluding carboxylic acids is 1. The Balaban J connectivity index is 1.86. The monoisotopic (exact) mass is 329 g/mol. The Labute approximate surface area is 129 Å². The quantitative estimate of drug-likeness (QED) is 0.904. The Bertz CT molecular complexity index is 667. The van der Waals surface area contributed by atoms with Crippen LogP contribution in [0.5, 0.6) is 0 Å². The van der Waals surface area contributed by atoms with Gasteiger partial charge in [-0.15, -0.1) is 0 Å². The molecule has 0 aliphatic heterocycles. The zero-order valence-electron chi connectivity index (χ0n) is 12.4. The van der Waals surface area contributed by atoms with E-state index in [-0.39, 0.29) is 18.7 Å². The van der Waals surface area contributed by atoms with Crippen LogP contribution in [0.15, 0.2) is 22.9 Å². The molecule has 2 heterocycles. The Morgan fingerprint density at radius 2 is 2.09 bits per heavy atom. The Morgan fingerprint density at radius 3 is 2.61 bits per heavy atom. The number of alkyl halides is 3. The molecular weight excluding hydrogens is 315 g/mol. The van der Waals surface area contributed by atoms with Crippen molar-refractivity contribution in [1.82, 2.24) is 15.1 Å². The van der Waals surface area contributed by atoms with E-state index in [2.05, 4.69) is 25.0 Å². The molecule has 0 spiro atoms. The first-order valence-corrected chi connectivity index (χ1v) is 6.58. The number of pyridine rings is 1. The van der Waals surface area contributed by atoms with Gasteiger partial charge in [0.1, 0.15) is 5.82 Å². The van der Waals surface area contributed by atoms with E-state index in [4.69, 9.17) is 0 Å². The van der Waals surface area contributed by atoms with Gasteiger partial charge in [-0.1, -0.05) is 5.16 Å². The summed E-state index contributed by atoms with van der Waals surface area (Å²) in [7, 11) is 3.71. The van der Waals surface area contributed by atoms with Crippen LogP contribution in [0.3, 0.4) is 0 Å². The third-order valence-electron chi connectivity index (χ3n) is 2.82. The number of nitrogens with one attached hydrogen (secondary N) is 1. The number of halogens is 3. The molecule has 2 aromatic rings. The van der Waals surface area contributed by atoms with E-state index < -0.39 is 18.0 Å². The number of nitrogens with zero attached hydrogens (tertiary/aromatic N) is 4. The largest absolute Gasteiger partial charge is 0.471 e. The number of hydrogen-bond acceptors (Lipinski definition) is 6. The van der Waals surface area contributed by atoms with Crippen LogP contribution < -0.4 is 10.2 Å². The van der Waals surface area contributed by atoms with Gasteiger partial charge in [-0.25, -0.2) is 4.98 Å². The van der Waals surface area contributed by atoms with Crippen molar-refractivity contribution in [1.29, 1.82) is 0 Å². The zero-order valence-corrected chi connectivity index (χ0v) is 12.4. The molecule has 1 amide bonds. The molecule has 0 saturated heterocycles. The SMILES string of the molecule is CN(C)c1ccc(NC(=O)CCc2noc(C(F)(F)F)n2)nc1. The second kappa shape index (κ2) is 6.63. The maximum Gasteiger partial charge on any atom is 0.471 e. The highest BCUT2D eigenvalue weighted by Gasteiger charge is 2.38. The average molecular weight is 329 g/mol. The highest BCUT2D eigenvalue weighted by Crippen LogP contribution is 2.27. The number of amides is 1. The van der Waals surface area contributed by atoms with E-state index in [1.807, 2.05) is 19.0 Å². The lowest BCUT2D eigenvalue weighted by atomic mass is 10.3. The van der Waals surface area contributed by atoms with Gasteiger partial charge in [-0.3, -0.25) is 4.79 Å². The van der Waals surface area contributed by atoms with Gasteiger partial charge in [-0.2, -0.15) is 18.2 Å². The summed E-state index contributed by atoms with van der Waals surface area (Å²) in [5.41, 5.74) is 0.870. The Hall–Kier alpha value is -2.65. The first kappa shape index (κ1) is 16.7. The molecule has 2 rings (SSSR count). The van der Waals surface area contributed by atoms with Gasteiger partial charge in [0.2, 0.25) is 5.91 Å². The second-order valence-electron chi connectivity index (χ2n) is 4.86. The fraction of sp³-hybridized carbons (Fsp3) is 0.385. The van der Waals surface area contributed by atoms with Crippen molar-refractivity contribution in [2.45, 2.75) is 19.0 Å². The van der Waals surface area contributed by atoms with Crippen molar-refractivity contribution in [2.75, 3.05) is 24.3 Å². The molecule has 0 aliphatic carbocycles. The summed E-state index contributed by atoms with van der Waals surface area (Å²) in [6.45, 7) is 0. The topological polar surface area (TPSA) is 84.2 Å². The Morgan fingerprint density at radius 1 is 1.35 bits per heavy atom. The lowest BCUT2D eigenvalue weighted by Gasteiger charge is -2.12. The molecule has 0 atom stereocenters. The summed E-state index contributed by atoms with van der Waals surface area (Å²) in [5, 5.41) is 5.72. The number of rotatable bonds is 5. The number of aromatic nitrogens is 3. The normalized spacial score (nSPS) is 11.3. The van der Waals surface area contributed by atoms with Crippen LogP contribution in [-0.2, 0) is 17.4 Å². The van der Waals surface area contributed by atoms with Crippen molar-refractivity contribution < 1.29 is 22.5 Å². The van der Waals surface area contributed by atoms with Crippen LogP contribution in [0.4, 0.5) is 24.7 Å². The molecule has 10 heteroatoms. The van der Waals surface area contributed by atoms with Crippen LogP contribution in [0.25, 0.3) is 0 Å². The van der Waals surface area contributed by atoms with Gasteiger partial charge in [-0.05, 0) is 12.1 Å². The summed E-state index contributed by atoms with van der Waals surface area (Å²) in [6.07, 6.45) is -3.26. The fourth-order valence-electron chi connectivity index (χ4n) is 1.63. The van der Waals surface area contributed by atoms with E-state index in [1.54, 1.807) is 18.3 Å². The Kier molecular flexibility index (Phi) is 4.82. The molecule has 0 unspecified atom stereocenters. The van der Waals surface area contributed by atoms with Gasteiger partial charge >= 0.3 is 12.1 Å². The minimum absolute atomic E-state index is 0.0683. The number of anilines is 2. The van der Waals surface area contributed by atoms with Crippen LogP contribution in [0, 0.1) is 0 Å². The molecule has 0 bridgehead atoms. The molecule has 7 nitrogen and oxygen atoms in total. The molecule has 1 N–H and O–H groups in total. The van der Waals surface area contributed by atoms with E-state index in [0.717, 1.165) is 5.69 Å². The predicted octanol–water partition coefficient (Wildman–Crippen LogP) is 2.12. The maximum absolute atomic E-state index is 12.3. The van der Waals surface area contributed by atoms with Gasteiger partial charge in [0.15, 0.2) is 5.82 Å². The molecule has 0 radical (unpaired) electrons. The maximum atomic E-state index is 12.3. The molecular formula is C13H14F3N5O2. The molecule has 0 aromatic carbocycles. The van der Waals surface area contributed by atoms with E-state index in [1.165, 1.54) is 0 Å². The summed E-state index contributed by atoms with van der Waals surface area (Å²) >= 11 is 0. The van der Waals surface area contributed by atoms with Crippen molar-refractivity contribution in [2.24, 2.45) is 0 Å². The number of carbonyl (C=O) groups is 1. The summed E-state index contributed by atoms with van der Waals surface area (Å²) in [4.78, 5) is 20.8. The standard InChI is InChI=1S/C13H14F3N5O2/c1-21(2)8-3-4-9(17-7-8)18-11(22)6-5-10-19-12(23-20-10)13(14,15)16/h3-4,7H,5-6H2,1-2H3,(H,17,18,22). The number of hydrogen-bond donors (Lipinski definition) is 1. The average Bonchev–Trinajstić information content (AvgIpc) is 2.95. The minimum atomic E-state index is -4.69. The molecule has 2 aromatic heterocycles. The van der Waals surface area contributed by atoms with E-state index in [9.17, 15) is 18.0 Å². The lowest BCUT2D eigenvalue weighted by Crippen LogP contribution is -2.14. The van der Waals surface area contributed by atoms with E-state index >= 15 is 0 Å². The lowest BCUT2D eigenvalue weighted by molar-refractivity contribution is -0.159. The van der Waals surface area contributed by atoms with Gasteiger partial charge in [0, 0.05) is 26.9 Å². The molecule has 0 saturated carbocycles. The third kappa shape index (κ3) is 4.66. The third-order valence-corrected chi connectivity index (χ3v) is 2.82. The van der Waals surface area contributed by atoms with Crippen LogP contribution >= 0.6 is 0 Å². The van der Waals surface area contributed by atoms with Crippen molar-refractivity contribution in [3.05, 3.63) is 30.0 Å². The first-order chi connectivity index (χ1) is 10.8. The fourth-order valence-corrected chi connectivity index (χ4v) is 1.63. The predicted molar refractivity (Wildman–Crippen MR) is 74.8 cm³/mol.